The molecule has 1 aromatic rings. The second-order valence-electron chi connectivity index (χ2n) is 3.80. The van der Waals surface area contributed by atoms with Crippen molar-refractivity contribution < 1.29 is 4.39 Å². The lowest BCUT2D eigenvalue weighted by Gasteiger charge is -2.18. The zero-order valence-electron chi connectivity index (χ0n) is 9.14. The largest absolute Gasteiger partial charge is 0.335 e. The molecule has 1 aromatic carbocycles. The summed E-state index contributed by atoms with van der Waals surface area (Å²) in [6.45, 7) is 2.06. The Hall–Kier alpha value is -0.450. The maximum atomic E-state index is 13.2. The van der Waals surface area contributed by atoms with Crippen LogP contribution in [-0.2, 0) is 0 Å². The predicted octanol–water partition coefficient (Wildman–Crippen LogP) is 4.43. The molecule has 2 rings (SSSR count). The van der Waals surface area contributed by atoms with E-state index in [1.165, 1.54) is 12.1 Å². The lowest BCUT2D eigenvalue weighted by molar-refractivity contribution is 0.629. The van der Waals surface area contributed by atoms with Crippen LogP contribution in [0.2, 0.25) is 10.0 Å². The van der Waals surface area contributed by atoms with Crippen LogP contribution in [0.1, 0.15) is 13.3 Å². The van der Waals surface area contributed by atoms with Gasteiger partial charge in [-0.1, -0.05) is 35.0 Å². The highest BCUT2D eigenvalue weighted by atomic mass is 35.5. The minimum atomic E-state index is -0.592. The topological polar surface area (TPSA) is 24.4 Å². The van der Waals surface area contributed by atoms with E-state index in [9.17, 15) is 4.39 Å². The molecule has 0 spiro atoms. The summed E-state index contributed by atoms with van der Waals surface area (Å²) in [5.41, 5.74) is 0.654. The molecule has 1 aliphatic rings. The maximum absolute atomic E-state index is 13.2. The average Bonchev–Trinajstić information content (AvgIpc) is 2.26. The lowest BCUT2D eigenvalue weighted by atomic mass is 10.3. The summed E-state index contributed by atoms with van der Waals surface area (Å²) in [7, 11) is 0. The fraction of sp³-hybridized carbons (Fsp3) is 0.364. The molecule has 92 valence electrons. The highest BCUT2D eigenvalue weighted by molar-refractivity contribution is 8.14. The maximum Gasteiger partial charge on any atom is 0.161 e. The van der Waals surface area contributed by atoms with E-state index in [1.807, 2.05) is 0 Å². The van der Waals surface area contributed by atoms with Crippen LogP contribution in [0, 0.1) is 5.82 Å². The van der Waals surface area contributed by atoms with Gasteiger partial charge < -0.3 is 5.32 Å². The molecule has 1 unspecified atom stereocenters. The zero-order valence-corrected chi connectivity index (χ0v) is 11.5. The summed E-state index contributed by atoms with van der Waals surface area (Å²) in [5, 5.41) is 3.94. The number of thioether (sulfide) groups is 1. The smallest absolute Gasteiger partial charge is 0.161 e. The van der Waals surface area contributed by atoms with Crippen LogP contribution in [0.3, 0.4) is 0 Å². The minimum absolute atomic E-state index is 0.00876. The number of aliphatic imine (C=N–C) groups is 1. The lowest BCUT2D eigenvalue weighted by Crippen LogP contribution is -2.18. The van der Waals surface area contributed by atoms with Crippen molar-refractivity contribution >= 4 is 45.8 Å². The summed E-state index contributed by atoms with van der Waals surface area (Å²) < 4.78 is 13.2. The van der Waals surface area contributed by atoms with Crippen LogP contribution in [-0.4, -0.2) is 17.0 Å². The number of nitrogens with zero attached hydrogens (tertiary/aromatic N) is 1. The summed E-state index contributed by atoms with van der Waals surface area (Å²) >= 11 is 13.1. The molecule has 1 aliphatic heterocycles. The van der Waals surface area contributed by atoms with E-state index in [0.717, 1.165) is 17.3 Å². The van der Waals surface area contributed by atoms with E-state index in [-0.39, 0.29) is 10.0 Å². The third kappa shape index (κ3) is 3.27. The first-order valence-electron chi connectivity index (χ1n) is 5.18. The van der Waals surface area contributed by atoms with Gasteiger partial charge in [0.05, 0.1) is 16.1 Å². The van der Waals surface area contributed by atoms with Crippen molar-refractivity contribution in [2.75, 3.05) is 11.1 Å². The number of benzene rings is 1. The van der Waals surface area contributed by atoms with Gasteiger partial charge in [-0.15, -0.1) is 0 Å². The normalized spacial score (nSPS) is 20.0. The first-order valence-corrected chi connectivity index (χ1v) is 6.92. The monoisotopic (exact) mass is 292 g/mol. The quantitative estimate of drug-likeness (QED) is 0.775. The molecule has 0 amide bonds. The third-order valence-electron chi connectivity index (χ3n) is 2.35. The fourth-order valence-electron chi connectivity index (χ4n) is 1.45. The molecule has 2 nitrogen and oxygen atoms in total. The Morgan fingerprint density at radius 2 is 2.06 bits per heavy atom. The summed E-state index contributed by atoms with van der Waals surface area (Å²) in [6.07, 6.45) is 1.07. The van der Waals surface area contributed by atoms with Crippen molar-refractivity contribution in [3.8, 4) is 0 Å². The average molecular weight is 293 g/mol. The number of rotatable bonds is 1. The van der Waals surface area contributed by atoms with E-state index in [0.29, 0.717) is 11.7 Å². The number of nitrogens with one attached hydrogen (secondary N) is 1. The number of hydrogen-bond acceptors (Lipinski definition) is 3. The molecule has 6 heteroatoms. The SMILES string of the molecule is CC1CCSC(Nc2cc(Cl)c(F)c(Cl)c2)=N1. The van der Waals surface area contributed by atoms with Gasteiger partial charge in [-0.05, 0) is 25.5 Å². The fourth-order valence-corrected chi connectivity index (χ4v) is 3.03. The Bertz CT molecular complexity index is 442. The van der Waals surface area contributed by atoms with Gasteiger partial charge in [0, 0.05) is 11.4 Å². The van der Waals surface area contributed by atoms with Gasteiger partial charge in [0.2, 0.25) is 0 Å². The Balaban J connectivity index is 2.19. The van der Waals surface area contributed by atoms with Crippen molar-refractivity contribution in [2.24, 2.45) is 4.99 Å². The molecule has 17 heavy (non-hydrogen) atoms. The van der Waals surface area contributed by atoms with Crippen LogP contribution in [0.25, 0.3) is 0 Å². The van der Waals surface area contributed by atoms with Crippen LogP contribution in [0.4, 0.5) is 10.1 Å². The highest BCUT2D eigenvalue weighted by Crippen LogP contribution is 2.28. The number of amidine groups is 1. The van der Waals surface area contributed by atoms with Gasteiger partial charge in [-0.3, -0.25) is 4.99 Å². The van der Waals surface area contributed by atoms with Crippen LogP contribution < -0.4 is 5.32 Å². The summed E-state index contributed by atoms with van der Waals surface area (Å²) in [4.78, 5) is 4.45. The van der Waals surface area contributed by atoms with E-state index in [2.05, 4.69) is 17.2 Å². The number of halogens is 3. The van der Waals surface area contributed by atoms with Crippen molar-refractivity contribution in [3.05, 3.63) is 28.0 Å². The Morgan fingerprint density at radius 3 is 2.65 bits per heavy atom. The molecule has 1 N–H and O–H groups in total. The molecule has 0 fully saturated rings. The van der Waals surface area contributed by atoms with Gasteiger partial charge in [0.15, 0.2) is 11.0 Å². The molecule has 1 atom stereocenters. The zero-order chi connectivity index (χ0) is 12.4. The molecular weight excluding hydrogens is 282 g/mol. The van der Waals surface area contributed by atoms with Crippen LogP contribution >= 0.6 is 35.0 Å². The van der Waals surface area contributed by atoms with Crippen LogP contribution in [0.15, 0.2) is 17.1 Å². The number of hydrogen-bond donors (Lipinski definition) is 1. The molecule has 0 bridgehead atoms. The molecule has 1 heterocycles. The van der Waals surface area contributed by atoms with E-state index < -0.39 is 5.82 Å². The minimum Gasteiger partial charge on any atom is -0.335 e. The first kappa shape index (κ1) is 13.0. The van der Waals surface area contributed by atoms with Crippen molar-refractivity contribution in [3.63, 3.8) is 0 Å². The third-order valence-corrected chi connectivity index (χ3v) is 3.82. The summed E-state index contributed by atoms with van der Waals surface area (Å²) in [5.74, 6) is 0.431. The van der Waals surface area contributed by atoms with Crippen molar-refractivity contribution in [1.82, 2.24) is 0 Å². The van der Waals surface area contributed by atoms with Crippen LogP contribution in [0.5, 0.6) is 0 Å². The van der Waals surface area contributed by atoms with E-state index in [4.69, 9.17) is 23.2 Å². The summed E-state index contributed by atoms with van der Waals surface area (Å²) in [6, 6.07) is 3.32. The second kappa shape index (κ2) is 5.46. The molecule has 0 saturated carbocycles. The predicted molar refractivity (Wildman–Crippen MR) is 74.0 cm³/mol. The Kier molecular flexibility index (Phi) is 4.17. The Morgan fingerprint density at radius 1 is 1.41 bits per heavy atom. The van der Waals surface area contributed by atoms with Gasteiger partial charge in [-0.25, -0.2) is 4.39 Å². The molecule has 0 saturated heterocycles. The van der Waals surface area contributed by atoms with Crippen molar-refractivity contribution in [2.45, 2.75) is 19.4 Å². The standard InChI is InChI=1S/C11H11Cl2FN2S/c1-6-2-3-17-11(15-6)16-7-4-8(12)10(14)9(13)5-7/h4-6H,2-3H2,1H3,(H,15,16). The number of anilines is 1. The van der Waals surface area contributed by atoms with Gasteiger partial charge in [-0.2, -0.15) is 0 Å². The molecule has 0 aromatic heterocycles. The highest BCUT2D eigenvalue weighted by Gasteiger charge is 2.13. The molecule has 0 radical (unpaired) electrons. The molecule has 0 aliphatic carbocycles. The Labute approximate surface area is 114 Å². The second-order valence-corrected chi connectivity index (χ2v) is 5.70. The van der Waals surface area contributed by atoms with Gasteiger partial charge >= 0.3 is 0 Å². The van der Waals surface area contributed by atoms with Gasteiger partial charge in [0.1, 0.15) is 0 Å². The van der Waals surface area contributed by atoms with E-state index >= 15 is 0 Å². The van der Waals surface area contributed by atoms with Gasteiger partial charge in [0.25, 0.3) is 0 Å². The molecular formula is C11H11Cl2FN2S. The van der Waals surface area contributed by atoms with Crippen molar-refractivity contribution in [1.29, 1.82) is 0 Å². The van der Waals surface area contributed by atoms with E-state index in [1.54, 1.807) is 11.8 Å². The first-order chi connectivity index (χ1) is 8.06.